The van der Waals surface area contributed by atoms with Crippen LogP contribution in [0.25, 0.3) is 10.4 Å². The van der Waals surface area contributed by atoms with Crippen LogP contribution in [-0.4, -0.2) is 42.5 Å². The summed E-state index contributed by atoms with van der Waals surface area (Å²) in [6.45, 7) is 5.55. The number of aryl methyl sites for hydroxylation is 1. The number of hydrogen-bond donors (Lipinski definition) is 3. The molecule has 0 radical (unpaired) electrons. The molecule has 0 spiro atoms. The molecule has 0 amide bonds. The molecule has 0 saturated heterocycles. The number of nitrogens with zero attached hydrogens (tertiary/aromatic N) is 4. The van der Waals surface area contributed by atoms with Crippen molar-refractivity contribution in [2.45, 2.75) is 13.8 Å². The Morgan fingerprint density at radius 1 is 1.24 bits per heavy atom. The number of nitrogen functional groups attached to an aromatic ring is 1. The zero-order valence-corrected chi connectivity index (χ0v) is 19.5. The number of anilines is 2. The molecule has 0 unspecified atom stereocenters. The summed E-state index contributed by atoms with van der Waals surface area (Å²) in [6.07, 6.45) is 1.61. The molecule has 6 N–H and O–H groups in total. The number of rotatable bonds is 8. The monoisotopic (exact) mass is 475 g/mol. The number of hydrazone groups is 1. The molecule has 3 rings (SSSR count). The molecule has 1 aromatic carbocycles. The second-order valence-electron chi connectivity index (χ2n) is 7.42. The van der Waals surface area contributed by atoms with Crippen molar-refractivity contribution < 1.29 is 13.5 Å². The fraction of sp³-hybridized carbons (Fsp3) is 0.273. The van der Waals surface area contributed by atoms with Crippen molar-refractivity contribution >= 4 is 28.7 Å². The quantitative estimate of drug-likeness (QED) is 0.198. The van der Waals surface area contributed by atoms with Gasteiger partial charge < -0.3 is 21.2 Å². The summed E-state index contributed by atoms with van der Waals surface area (Å²) in [5.41, 5.74) is 7.89. The molecule has 0 saturated carbocycles. The standard InChI is InChI=1S/C22H27F2N7OS/c1-4-30(3)7-8-32-17-6-5-16(19(23)20(17)24)31(27)22(29-26)15-10-14(11-28-21(15)25)18-9-13(2)12-33-18/h5-6,9-12H,4,7-8,26-27H2,1-3H3,(H2,25,28)/b29-22-. The molecule has 0 atom stereocenters. The van der Waals surface area contributed by atoms with E-state index < -0.39 is 11.6 Å². The molecule has 0 aliphatic heterocycles. The number of nitrogens with two attached hydrogens (primary N) is 3. The SMILES string of the molecule is CCN(C)CCOc1ccc(N(N)/C(=N\N)c2cc(-c3cc(C)cs3)cnc2N)c(F)c1F. The van der Waals surface area contributed by atoms with Gasteiger partial charge in [0, 0.05) is 23.2 Å². The van der Waals surface area contributed by atoms with Crippen molar-refractivity contribution in [3.05, 3.63) is 58.6 Å². The van der Waals surface area contributed by atoms with E-state index in [4.69, 9.17) is 22.2 Å². The van der Waals surface area contributed by atoms with Crippen LogP contribution in [-0.2, 0) is 0 Å². The first-order chi connectivity index (χ1) is 15.8. The molecule has 0 bridgehead atoms. The van der Waals surface area contributed by atoms with Gasteiger partial charge in [-0.2, -0.15) is 9.49 Å². The van der Waals surface area contributed by atoms with Crippen LogP contribution in [0.5, 0.6) is 5.75 Å². The number of ether oxygens (including phenoxy) is 1. The first kappa shape index (κ1) is 24.4. The molecular formula is C22H27F2N7OS. The van der Waals surface area contributed by atoms with Crippen LogP contribution in [0, 0.1) is 18.6 Å². The van der Waals surface area contributed by atoms with Crippen LogP contribution >= 0.6 is 11.3 Å². The van der Waals surface area contributed by atoms with Crippen LogP contribution in [0.2, 0.25) is 0 Å². The smallest absolute Gasteiger partial charge is 0.202 e. The molecule has 3 aromatic rings. The summed E-state index contributed by atoms with van der Waals surface area (Å²) in [7, 11) is 1.90. The van der Waals surface area contributed by atoms with Crippen molar-refractivity contribution in [2.24, 2.45) is 16.8 Å². The number of aromatic nitrogens is 1. The van der Waals surface area contributed by atoms with Crippen molar-refractivity contribution in [2.75, 3.05) is 37.5 Å². The molecule has 0 aliphatic carbocycles. The number of thiophene rings is 1. The largest absolute Gasteiger partial charge is 0.489 e. The number of hydrogen-bond acceptors (Lipinski definition) is 8. The van der Waals surface area contributed by atoms with Gasteiger partial charge in [0.05, 0.1) is 11.3 Å². The number of benzene rings is 1. The summed E-state index contributed by atoms with van der Waals surface area (Å²) in [6, 6.07) is 6.29. The fourth-order valence-corrected chi connectivity index (χ4v) is 3.92. The lowest BCUT2D eigenvalue weighted by Crippen LogP contribution is -2.40. The highest BCUT2D eigenvalue weighted by Gasteiger charge is 2.23. The van der Waals surface area contributed by atoms with E-state index in [0.717, 1.165) is 27.6 Å². The summed E-state index contributed by atoms with van der Waals surface area (Å²) in [5, 5.41) is 6.52. The zero-order chi connectivity index (χ0) is 24.1. The van der Waals surface area contributed by atoms with Crippen LogP contribution < -0.4 is 27.2 Å². The maximum Gasteiger partial charge on any atom is 0.202 e. The van der Waals surface area contributed by atoms with Gasteiger partial charge in [0.2, 0.25) is 5.82 Å². The Balaban J connectivity index is 1.89. The molecule has 33 heavy (non-hydrogen) atoms. The highest BCUT2D eigenvalue weighted by molar-refractivity contribution is 7.13. The third-order valence-electron chi connectivity index (χ3n) is 5.08. The molecular weight excluding hydrogens is 448 g/mol. The van der Waals surface area contributed by atoms with Gasteiger partial charge in [-0.25, -0.2) is 15.2 Å². The Hall–Kier alpha value is -3.28. The van der Waals surface area contributed by atoms with Gasteiger partial charge >= 0.3 is 0 Å². The lowest BCUT2D eigenvalue weighted by molar-refractivity contribution is 0.234. The van der Waals surface area contributed by atoms with Gasteiger partial charge in [0.25, 0.3) is 0 Å². The zero-order valence-electron chi connectivity index (χ0n) is 18.7. The molecule has 8 nitrogen and oxygen atoms in total. The maximum absolute atomic E-state index is 14.9. The van der Waals surface area contributed by atoms with Gasteiger partial charge in [-0.3, -0.25) is 5.01 Å². The van der Waals surface area contributed by atoms with Crippen LogP contribution in [0.3, 0.4) is 0 Å². The van der Waals surface area contributed by atoms with E-state index in [0.29, 0.717) is 6.54 Å². The van der Waals surface area contributed by atoms with Crippen molar-refractivity contribution in [3.63, 3.8) is 0 Å². The van der Waals surface area contributed by atoms with Gasteiger partial charge in [0.1, 0.15) is 12.4 Å². The lowest BCUT2D eigenvalue weighted by Gasteiger charge is -2.22. The predicted molar refractivity (Wildman–Crippen MR) is 129 cm³/mol. The predicted octanol–water partition coefficient (Wildman–Crippen LogP) is 3.31. The van der Waals surface area contributed by atoms with E-state index in [2.05, 4.69) is 10.1 Å². The maximum atomic E-state index is 14.9. The average molecular weight is 476 g/mol. The minimum absolute atomic E-state index is 0.0772. The first-order valence-electron chi connectivity index (χ1n) is 10.2. The molecule has 0 aliphatic rings. The first-order valence-corrected chi connectivity index (χ1v) is 11.1. The Labute approximate surface area is 195 Å². The Morgan fingerprint density at radius 3 is 2.64 bits per heavy atom. The van der Waals surface area contributed by atoms with Crippen LogP contribution in [0.4, 0.5) is 20.3 Å². The average Bonchev–Trinajstić information content (AvgIpc) is 3.24. The van der Waals surface area contributed by atoms with Gasteiger partial charge in [-0.1, -0.05) is 6.92 Å². The van der Waals surface area contributed by atoms with Crippen molar-refractivity contribution in [1.29, 1.82) is 0 Å². The molecule has 11 heteroatoms. The van der Waals surface area contributed by atoms with Crippen molar-refractivity contribution in [1.82, 2.24) is 9.88 Å². The van der Waals surface area contributed by atoms with Gasteiger partial charge in [0.15, 0.2) is 17.4 Å². The fourth-order valence-electron chi connectivity index (χ4n) is 3.04. The molecule has 176 valence electrons. The van der Waals surface area contributed by atoms with E-state index in [1.54, 1.807) is 12.3 Å². The highest BCUT2D eigenvalue weighted by Crippen LogP contribution is 2.31. The Morgan fingerprint density at radius 2 is 2.00 bits per heavy atom. The molecule has 2 aromatic heterocycles. The Bertz CT molecular complexity index is 1150. The second kappa shape index (κ2) is 10.6. The van der Waals surface area contributed by atoms with E-state index in [1.807, 2.05) is 37.2 Å². The van der Waals surface area contributed by atoms with Gasteiger partial charge in [-0.15, -0.1) is 11.3 Å². The molecule has 0 fully saturated rings. The van der Waals surface area contributed by atoms with E-state index in [1.165, 1.54) is 23.5 Å². The highest BCUT2D eigenvalue weighted by atomic mass is 32.1. The Kier molecular flexibility index (Phi) is 7.79. The van der Waals surface area contributed by atoms with Crippen LogP contribution in [0.15, 0.2) is 40.9 Å². The van der Waals surface area contributed by atoms with E-state index in [-0.39, 0.29) is 35.3 Å². The summed E-state index contributed by atoms with van der Waals surface area (Å²) in [4.78, 5) is 7.13. The number of pyridine rings is 1. The lowest BCUT2D eigenvalue weighted by atomic mass is 10.1. The van der Waals surface area contributed by atoms with E-state index >= 15 is 0 Å². The normalized spacial score (nSPS) is 11.8. The number of halogens is 2. The van der Waals surface area contributed by atoms with E-state index in [9.17, 15) is 8.78 Å². The summed E-state index contributed by atoms with van der Waals surface area (Å²) < 4.78 is 34.9. The summed E-state index contributed by atoms with van der Waals surface area (Å²) in [5.74, 6) is 9.12. The third-order valence-corrected chi connectivity index (χ3v) is 6.18. The second-order valence-corrected chi connectivity index (χ2v) is 8.33. The number of amidine groups is 1. The minimum Gasteiger partial charge on any atom is -0.489 e. The summed E-state index contributed by atoms with van der Waals surface area (Å²) >= 11 is 1.53. The number of hydrazine groups is 1. The number of likely N-dealkylation sites (N-methyl/N-ethyl adjacent to an activating group) is 1. The third kappa shape index (κ3) is 5.38. The molecule has 2 heterocycles. The van der Waals surface area contributed by atoms with Crippen molar-refractivity contribution in [3.8, 4) is 16.2 Å². The van der Waals surface area contributed by atoms with Crippen LogP contribution in [0.1, 0.15) is 18.1 Å². The topological polar surface area (TPSA) is 119 Å². The minimum atomic E-state index is -1.20. The van der Waals surface area contributed by atoms with Gasteiger partial charge in [-0.05, 0) is 55.7 Å².